The summed E-state index contributed by atoms with van der Waals surface area (Å²) in [6.45, 7) is 9.09. The van der Waals surface area contributed by atoms with E-state index in [9.17, 15) is 9.90 Å². The molecule has 0 bridgehead atoms. The van der Waals surface area contributed by atoms with Gasteiger partial charge in [-0.15, -0.1) is 0 Å². The molecule has 0 saturated carbocycles. The van der Waals surface area contributed by atoms with Crippen LogP contribution in [0.1, 0.15) is 45.2 Å². The Labute approximate surface area is 109 Å². The van der Waals surface area contributed by atoms with Crippen molar-refractivity contribution in [2.75, 3.05) is 0 Å². The molecule has 100 valence electrons. The van der Waals surface area contributed by atoms with E-state index in [0.717, 1.165) is 5.56 Å². The van der Waals surface area contributed by atoms with Crippen molar-refractivity contribution in [3.8, 4) is 0 Å². The van der Waals surface area contributed by atoms with E-state index in [4.69, 9.17) is 4.74 Å². The molecule has 0 spiro atoms. The number of hydrogen-bond donors (Lipinski definition) is 1. The van der Waals surface area contributed by atoms with Gasteiger partial charge in [-0.2, -0.15) is 0 Å². The third-order valence-corrected chi connectivity index (χ3v) is 2.78. The van der Waals surface area contributed by atoms with Crippen LogP contribution in [0.3, 0.4) is 0 Å². The number of aliphatic hydroxyl groups is 1. The van der Waals surface area contributed by atoms with E-state index in [0.29, 0.717) is 5.56 Å². The van der Waals surface area contributed by atoms with Crippen LogP contribution in [0.25, 0.3) is 0 Å². The average Bonchev–Trinajstić information content (AvgIpc) is 2.26. The Morgan fingerprint density at radius 3 is 2.11 bits per heavy atom. The predicted octanol–water partition coefficient (Wildman–Crippen LogP) is 2.93. The molecule has 0 aromatic heterocycles. The fourth-order valence-corrected chi connectivity index (χ4v) is 1.66. The highest BCUT2D eigenvalue weighted by atomic mass is 16.6. The van der Waals surface area contributed by atoms with E-state index in [1.807, 2.05) is 19.1 Å². The Balaban J connectivity index is 3.05. The van der Waals surface area contributed by atoms with E-state index < -0.39 is 17.2 Å². The number of ether oxygens (including phenoxy) is 1. The molecule has 1 aromatic rings. The van der Waals surface area contributed by atoms with Gasteiger partial charge in [-0.25, -0.2) is 4.79 Å². The van der Waals surface area contributed by atoms with Gasteiger partial charge in [0.1, 0.15) is 5.60 Å². The number of carbonyl (C=O) groups excluding carboxylic acids is 1. The molecule has 3 nitrogen and oxygen atoms in total. The first kappa shape index (κ1) is 14.7. The lowest BCUT2D eigenvalue weighted by molar-refractivity contribution is -0.179. The highest BCUT2D eigenvalue weighted by Gasteiger charge is 2.39. The number of esters is 1. The SMILES string of the molecule is CC[C@@](O)(C(=O)OC(C)(C)C)c1ccc(C)cc1. The minimum atomic E-state index is -1.57. The normalized spacial score (nSPS) is 15.0. The summed E-state index contributed by atoms with van der Waals surface area (Å²) in [5.41, 5.74) is -0.516. The summed E-state index contributed by atoms with van der Waals surface area (Å²) < 4.78 is 5.29. The molecule has 1 aromatic carbocycles. The Morgan fingerprint density at radius 2 is 1.72 bits per heavy atom. The van der Waals surface area contributed by atoms with Gasteiger partial charge >= 0.3 is 5.97 Å². The molecule has 0 aliphatic rings. The molecule has 1 rings (SSSR count). The molecule has 3 heteroatoms. The molecule has 18 heavy (non-hydrogen) atoms. The van der Waals surface area contributed by atoms with Gasteiger partial charge < -0.3 is 9.84 Å². The van der Waals surface area contributed by atoms with E-state index in [1.165, 1.54) is 0 Å². The van der Waals surface area contributed by atoms with Gasteiger partial charge in [0.15, 0.2) is 5.60 Å². The second-order valence-corrected chi connectivity index (χ2v) is 5.58. The van der Waals surface area contributed by atoms with Gasteiger partial charge in [0.05, 0.1) is 0 Å². The lowest BCUT2D eigenvalue weighted by Gasteiger charge is -2.29. The Kier molecular flexibility index (Phi) is 4.17. The zero-order chi connectivity index (χ0) is 14.0. The van der Waals surface area contributed by atoms with Crippen molar-refractivity contribution < 1.29 is 14.6 Å². The summed E-state index contributed by atoms with van der Waals surface area (Å²) >= 11 is 0. The second-order valence-electron chi connectivity index (χ2n) is 5.58. The van der Waals surface area contributed by atoms with Crippen LogP contribution in [-0.2, 0) is 15.1 Å². The lowest BCUT2D eigenvalue weighted by Crippen LogP contribution is -2.40. The molecule has 1 atom stereocenters. The van der Waals surface area contributed by atoms with Crippen LogP contribution in [0, 0.1) is 6.92 Å². The summed E-state index contributed by atoms with van der Waals surface area (Å²) in [6.07, 6.45) is 0.283. The van der Waals surface area contributed by atoms with E-state index in [-0.39, 0.29) is 6.42 Å². The zero-order valence-corrected chi connectivity index (χ0v) is 11.8. The standard InChI is InChI=1S/C15H22O3/c1-6-15(17,13(16)18-14(3,4)5)12-9-7-11(2)8-10-12/h7-10,17H,6H2,1-5H3/t15-/m0/s1. The summed E-state index contributed by atoms with van der Waals surface area (Å²) in [5, 5.41) is 10.5. The monoisotopic (exact) mass is 250 g/mol. The van der Waals surface area contributed by atoms with Crippen molar-refractivity contribution in [3.05, 3.63) is 35.4 Å². The number of hydrogen-bond acceptors (Lipinski definition) is 3. The van der Waals surface area contributed by atoms with E-state index in [2.05, 4.69) is 0 Å². The largest absolute Gasteiger partial charge is 0.458 e. The van der Waals surface area contributed by atoms with Crippen molar-refractivity contribution >= 4 is 5.97 Å². The van der Waals surface area contributed by atoms with Crippen molar-refractivity contribution in [2.24, 2.45) is 0 Å². The summed E-state index contributed by atoms with van der Waals surface area (Å²) in [6, 6.07) is 7.28. The Hall–Kier alpha value is -1.35. The van der Waals surface area contributed by atoms with Gasteiger partial charge in [0.2, 0.25) is 0 Å². The fourth-order valence-electron chi connectivity index (χ4n) is 1.66. The average molecular weight is 250 g/mol. The van der Waals surface area contributed by atoms with Crippen LogP contribution in [0.4, 0.5) is 0 Å². The fraction of sp³-hybridized carbons (Fsp3) is 0.533. The molecule has 0 aliphatic heterocycles. The van der Waals surface area contributed by atoms with Gasteiger partial charge in [-0.3, -0.25) is 0 Å². The van der Waals surface area contributed by atoms with Crippen molar-refractivity contribution in [2.45, 2.75) is 52.2 Å². The molecule has 0 fully saturated rings. The summed E-state index contributed by atoms with van der Waals surface area (Å²) in [5.74, 6) is -0.596. The van der Waals surface area contributed by atoms with Crippen LogP contribution >= 0.6 is 0 Å². The van der Waals surface area contributed by atoms with Crippen LogP contribution in [0.2, 0.25) is 0 Å². The first-order chi connectivity index (χ1) is 8.19. The van der Waals surface area contributed by atoms with Gasteiger partial charge in [-0.1, -0.05) is 36.8 Å². The predicted molar refractivity (Wildman–Crippen MR) is 71.2 cm³/mol. The molecule has 0 radical (unpaired) electrons. The zero-order valence-electron chi connectivity index (χ0n) is 11.8. The Bertz CT molecular complexity index is 414. The summed E-state index contributed by atoms with van der Waals surface area (Å²) in [7, 11) is 0. The third-order valence-electron chi connectivity index (χ3n) is 2.78. The first-order valence-electron chi connectivity index (χ1n) is 6.22. The molecule has 0 amide bonds. The van der Waals surface area contributed by atoms with Gasteiger partial charge in [-0.05, 0) is 39.7 Å². The molecule has 0 unspecified atom stereocenters. The third kappa shape index (κ3) is 3.33. The quantitative estimate of drug-likeness (QED) is 0.839. The van der Waals surface area contributed by atoms with Crippen molar-refractivity contribution in [1.82, 2.24) is 0 Å². The maximum atomic E-state index is 12.1. The number of benzene rings is 1. The molecule has 0 heterocycles. The molecule has 0 saturated heterocycles. The molecular formula is C15H22O3. The molecule has 0 aliphatic carbocycles. The minimum absolute atomic E-state index is 0.283. The smallest absolute Gasteiger partial charge is 0.343 e. The highest BCUT2D eigenvalue weighted by Crippen LogP contribution is 2.28. The van der Waals surface area contributed by atoms with Crippen LogP contribution < -0.4 is 0 Å². The summed E-state index contributed by atoms with van der Waals surface area (Å²) in [4.78, 5) is 12.1. The van der Waals surface area contributed by atoms with Crippen molar-refractivity contribution in [3.63, 3.8) is 0 Å². The van der Waals surface area contributed by atoms with Gasteiger partial charge in [0.25, 0.3) is 0 Å². The number of aryl methyl sites for hydroxylation is 1. The topological polar surface area (TPSA) is 46.5 Å². The maximum absolute atomic E-state index is 12.1. The highest BCUT2D eigenvalue weighted by molar-refractivity contribution is 5.81. The van der Waals surface area contributed by atoms with E-state index in [1.54, 1.807) is 39.8 Å². The molecular weight excluding hydrogens is 228 g/mol. The molecule has 1 N–H and O–H groups in total. The van der Waals surface area contributed by atoms with Crippen LogP contribution in [-0.4, -0.2) is 16.7 Å². The minimum Gasteiger partial charge on any atom is -0.458 e. The van der Waals surface area contributed by atoms with Crippen molar-refractivity contribution in [1.29, 1.82) is 0 Å². The lowest BCUT2D eigenvalue weighted by atomic mass is 9.90. The second kappa shape index (κ2) is 5.11. The maximum Gasteiger partial charge on any atom is 0.343 e. The van der Waals surface area contributed by atoms with Crippen LogP contribution in [0.5, 0.6) is 0 Å². The first-order valence-corrected chi connectivity index (χ1v) is 6.22. The van der Waals surface area contributed by atoms with Crippen LogP contribution in [0.15, 0.2) is 24.3 Å². The Morgan fingerprint density at radius 1 is 1.22 bits per heavy atom. The number of carbonyl (C=O) groups is 1. The number of rotatable bonds is 3. The van der Waals surface area contributed by atoms with E-state index >= 15 is 0 Å². The van der Waals surface area contributed by atoms with Gasteiger partial charge in [0, 0.05) is 0 Å².